The Morgan fingerprint density at radius 1 is 1.26 bits per heavy atom. The SMILES string of the molecule is Cc1ccc2c(Nc3ccc(Br)c(O)c3)ncnn12. The van der Waals surface area contributed by atoms with Gasteiger partial charge in [-0.3, -0.25) is 0 Å². The van der Waals surface area contributed by atoms with Crippen LogP contribution in [0.4, 0.5) is 11.5 Å². The number of benzene rings is 1. The van der Waals surface area contributed by atoms with Crippen molar-refractivity contribution in [2.45, 2.75) is 6.92 Å². The van der Waals surface area contributed by atoms with Crippen molar-refractivity contribution in [2.75, 3.05) is 5.32 Å². The van der Waals surface area contributed by atoms with Crippen LogP contribution in [0.25, 0.3) is 5.52 Å². The van der Waals surface area contributed by atoms with Gasteiger partial charge in [0.2, 0.25) is 0 Å². The first kappa shape index (κ1) is 12.0. The Morgan fingerprint density at radius 2 is 2.11 bits per heavy atom. The molecule has 96 valence electrons. The third-order valence-electron chi connectivity index (χ3n) is 2.85. The first-order chi connectivity index (χ1) is 9.15. The maximum atomic E-state index is 9.67. The van der Waals surface area contributed by atoms with Crippen molar-refractivity contribution in [3.63, 3.8) is 0 Å². The van der Waals surface area contributed by atoms with Gasteiger partial charge in [0, 0.05) is 17.4 Å². The molecule has 3 aromatic rings. The molecule has 0 bridgehead atoms. The van der Waals surface area contributed by atoms with Crippen molar-refractivity contribution >= 4 is 33.0 Å². The highest BCUT2D eigenvalue weighted by atomic mass is 79.9. The number of nitrogens with zero attached hydrogens (tertiary/aromatic N) is 3. The van der Waals surface area contributed by atoms with Crippen LogP contribution in [0.3, 0.4) is 0 Å². The van der Waals surface area contributed by atoms with Gasteiger partial charge in [0.1, 0.15) is 17.6 Å². The summed E-state index contributed by atoms with van der Waals surface area (Å²) in [5.41, 5.74) is 2.70. The number of aromatic hydroxyl groups is 1. The minimum Gasteiger partial charge on any atom is -0.507 e. The summed E-state index contributed by atoms with van der Waals surface area (Å²) in [6, 6.07) is 9.21. The van der Waals surface area contributed by atoms with Gasteiger partial charge >= 0.3 is 0 Å². The van der Waals surface area contributed by atoms with Gasteiger partial charge in [0.25, 0.3) is 0 Å². The number of hydrogen-bond donors (Lipinski definition) is 2. The topological polar surface area (TPSA) is 62.5 Å². The molecule has 1 aromatic carbocycles. The Hall–Kier alpha value is -2.08. The van der Waals surface area contributed by atoms with Crippen LogP contribution in [-0.2, 0) is 0 Å². The maximum absolute atomic E-state index is 9.67. The van der Waals surface area contributed by atoms with E-state index in [-0.39, 0.29) is 5.75 Å². The molecule has 19 heavy (non-hydrogen) atoms. The molecule has 3 rings (SSSR count). The molecule has 0 saturated heterocycles. The summed E-state index contributed by atoms with van der Waals surface area (Å²) < 4.78 is 2.47. The number of hydrogen-bond acceptors (Lipinski definition) is 4. The van der Waals surface area contributed by atoms with E-state index in [9.17, 15) is 5.11 Å². The van der Waals surface area contributed by atoms with Gasteiger partial charge in [-0.15, -0.1) is 0 Å². The van der Waals surface area contributed by atoms with Gasteiger partial charge in [-0.05, 0) is 47.1 Å². The largest absolute Gasteiger partial charge is 0.507 e. The average Bonchev–Trinajstić information content (AvgIpc) is 2.77. The fourth-order valence-corrected chi connectivity index (χ4v) is 2.13. The molecule has 0 saturated carbocycles. The average molecular weight is 319 g/mol. The molecule has 0 atom stereocenters. The number of halogens is 1. The van der Waals surface area contributed by atoms with E-state index in [0.29, 0.717) is 10.3 Å². The number of aromatic nitrogens is 3. The van der Waals surface area contributed by atoms with Crippen LogP contribution in [0.2, 0.25) is 0 Å². The van der Waals surface area contributed by atoms with E-state index in [1.807, 2.05) is 29.6 Å². The smallest absolute Gasteiger partial charge is 0.158 e. The predicted octanol–water partition coefficient (Wildman–Crippen LogP) is 3.25. The van der Waals surface area contributed by atoms with Crippen LogP contribution in [-0.4, -0.2) is 19.7 Å². The van der Waals surface area contributed by atoms with E-state index in [0.717, 1.165) is 16.9 Å². The summed E-state index contributed by atoms with van der Waals surface area (Å²) in [7, 11) is 0. The standard InChI is InChI=1S/C13H11BrN4O/c1-8-2-5-11-13(15-7-16-18(8)11)17-9-3-4-10(14)12(19)6-9/h2-7,19H,1H3,(H,15,16,17). The summed E-state index contributed by atoms with van der Waals surface area (Å²) in [4.78, 5) is 4.23. The molecule has 6 heteroatoms. The number of rotatable bonds is 2. The van der Waals surface area contributed by atoms with Crippen LogP contribution < -0.4 is 5.32 Å². The zero-order valence-electron chi connectivity index (χ0n) is 10.1. The quantitative estimate of drug-likeness (QED) is 0.761. The number of phenols is 1. The van der Waals surface area contributed by atoms with Crippen molar-refractivity contribution in [1.82, 2.24) is 14.6 Å². The molecule has 0 radical (unpaired) electrons. The second-order valence-corrected chi connectivity index (χ2v) is 5.03. The minimum atomic E-state index is 0.182. The second kappa shape index (κ2) is 4.55. The molecule has 5 nitrogen and oxygen atoms in total. The van der Waals surface area contributed by atoms with Gasteiger partial charge in [0.15, 0.2) is 5.82 Å². The Labute approximate surface area is 118 Å². The molecule has 2 N–H and O–H groups in total. The highest BCUT2D eigenvalue weighted by Crippen LogP contribution is 2.28. The molecule has 2 heterocycles. The third kappa shape index (κ3) is 2.15. The number of fused-ring (bicyclic) bond motifs is 1. The molecular formula is C13H11BrN4O. The molecule has 0 amide bonds. The maximum Gasteiger partial charge on any atom is 0.158 e. The Bertz CT molecular complexity index is 753. The van der Waals surface area contributed by atoms with Crippen LogP contribution >= 0.6 is 15.9 Å². The van der Waals surface area contributed by atoms with E-state index in [1.165, 1.54) is 6.33 Å². The lowest BCUT2D eigenvalue weighted by Crippen LogP contribution is -2.00. The Kier molecular flexibility index (Phi) is 2.87. The van der Waals surface area contributed by atoms with E-state index in [2.05, 4.69) is 31.3 Å². The summed E-state index contributed by atoms with van der Waals surface area (Å²) in [6.07, 6.45) is 1.50. The highest BCUT2D eigenvalue weighted by Gasteiger charge is 2.07. The van der Waals surface area contributed by atoms with E-state index in [1.54, 1.807) is 12.1 Å². The lowest BCUT2D eigenvalue weighted by Gasteiger charge is -2.08. The monoisotopic (exact) mass is 318 g/mol. The van der Waals surface area contributed by atoms with E-state index in [4.69, 9.17) is 0 Å². The highest BCUT2D eigenvalue weighted by molar-refractivity contribution is 9.10. The minimum absolute atomic E-state index is 0.182. The van der Waals surface area contributed by atoms with Crippen LogP contribution in [0.5, 0.6) is 5.75 Å². The van der Waals surface area contributed by atoms with E-state index < -0.39 is 0 Å². The molecule has 0 aliphatic heterocycles. The van der Waals surface area contributed by atoms with Crippen molar-refractivity contribution < 1.29 is 5.11 Å². The first-order valence-electron chi connectivity index (χ1n) is 5.70. The van der Waals surface area contributed by atoms with Gasteiger partial charge in [-0.1, -0.05) is 0 Å². The van der Waals surface area contributed by atoms with E-state index >= 15 is 0 Å². The van der Waals surface area contributed by atoms with Gasteiger partial charge < -0.3 is 10.4 Å². The Morgan fingerprint density at radius 3 is 2.89 bits per heavy atom. The van der Waals surface area contributed by atoms with Gasteiger partial charge in [0.05, 0.1) is 4.47 Å². The molecule has 0 fully saturated rings. The normalized spacial score (nSPS) is 10.8. The lowest BCUT2D eigenvalue weighted by molar-refractivity contribution is 0.472. The summed E-state index contributed by atoms with van der Waals surface area (Å²) >= 11 is 3.25. The molecular weight excluding hydrogens is 308 g/mol. The number of anilines is 2. The number of nitrogens with one attached hydrogen (secondary N) is 1. The fraction of sp³-hybridized carbons (Fsp3) is 0.0769. The van der Waals surface area contributed by atoms with Crippen LogP contribution in [0.15, 0.2) is 41.1 Å². The molecule has 0 spiro atoms. The molecule has 0 aliphatic carbocycles. The molecule has 0 aliphatic rings. The second-order valence-electron chi connectivity index (χ2n) is 4.17. The molecule has 2 aromatic heterocycles. The fourth-order valence-electron chi connectivity index (χ4n) is 1.89. The third-order valence-corrected chi connectivity index (χ3v) is 3.52. The summed E-state index contributed by atoms with van der Waals surface area (Å²) in [6.45, 7) is 1.98. The molecule has 0 unspecified atom stereocenters. The zero-order chi connectivity index (χ0) is 13.4. The summed E-state index contributed by atoms with van der Waals surface area (Å²) in [5.74, 6) is 0.881. The van der Waals surface area contributed by atoms with Crippen molar-refractivity contribution in [2.24, 2.45) is 0 Å². The number of phenolic OH excluding ortho intramolecular Hbond substituents is 1. The predicted molar refractivity (Wildman–Crippen MR) is 76.8 cm³/mol. The van der Waals surface area contributed by atoms with Gasteiger partial charge in [-0.2, -0.15) is 5.10 Å². The summed E-state index contributed by atoms with van der Waals surface area (Å²) in [5, 5.41) is 17.0. The lowest BCUT2D eigenvalue weighted by atomic mass is 10.3. The van der Waals surface area contributed by atoms with Gasteiger partial charge in [-0.25, -0.2) is 9.50 Å². The number of aryl methyl sites for hydroxylation is 1. The van der Waals surface area contributed by atoms with Crippen molar-refractivity contribution in [3.8, 4) is 5.75 Å². The zero-order valence-corrected chi connectivity index (χ0v) is 11.7. The first-order valence-corrected chi connectivity index (χ1v) is 6.49. The van der Waals surface area contributed by atoms with Crippen molar-refractivity contribution in [3.05, 3.63) is 46.8 Å². The van der Waals surface area contributed by atoms with Crippen molar-refractivity contribution in [1.29, 1.82) is 0 Å². The van der Waals surface area contributed by atoms with Crippen LogP contribution in [0.1, 0.15) is 5.69 Å². The van der Waals surface area contributed by atoms with Crippen LogP contribution in [0, 0.1) is 6.92 Å². The Balaban J connectivity index is 2.03.